The molecule has 1 fully saturated rings. The number of halogens is 4. The molecule has 0 aromatic heterocycles. The lowest BCUT2D eigenvalue weighted by Gasteiger charge is -2.14. The third-order valence-corrected chi connectivity index (χ3v) is 8.01. The monoisotopic (exact) mass is 682 g/mol. The Morgan fingerprint density at radius 2 is 1.70 bits per heavy atom. The molecule has 1 aliphatic heterocycles. The number of nitrogens with zero attached hydrogens (tertiary/aromatic N) is 1. The van der Waals surface area contributed by atoms with E-state index in [0.717, 1.165) is 22.2 Å². The van der Waals surface area contributed by atoms with Crippen LogP contribution in [0.5, 0.6) is 5.75 Å². The van der Waals surface area contributed by atoms with Gasteiger partial charge in [0, 0.05) is 21.3 Å². The van der Waals surface area contributed by atoms with Crippen LogP contribution in [0.1, 0.15) is 16.7 Å². The van der Waals surface area contributed by atoms with Gasteiger partial charge >= 0.3 is 0 Å². The zero-order valence-corrected chi connectivity index (χ0v) is 24.7. The maximum absolute atomic E-state index is 13.0. The minimum atomic E-state index is -0.439. The molecular formula is C26H18Br2Cl2N2O4S. The molecule has 190 valence electrons. The minimum Gasteiger partial charge on any atom is -0.481 e. The molecule has 1 saturated heterocycles. The van der Waals surface area contributed by atoms with Crippen molar-refractivity contribution in [3.63, 3.8) is 0 Å². The van der Waals surface area contributed by atoms with Gasteiger partial charge in [0.25, 0.3) is 17.1 Å². The molecule has 6 nitrogen and oxygen atoms in total. The van der Waals surface area contributed by atoms with Gasteiger partial charge in [0.1, 0.15) is 5.75 Å². The van der Waals surface area contributed by atoms with Gasteiger partial charge in [-0.05, 0) is 104 Å². The van der Waals surface area contributed by atoms with Crippen molar-refractivity contribution in [2.75, 3.05) is 11.9 Å². The molecule has 0 spiro atoms. The summed E-state index contributed by atoms with van der Waals surface area (Å²) in [5.74, 6) is -0.315. The number of benzene rings is 3. The molecule has 1 aliphatic rings. The number of ether oxygens (including phenoxy) is 1. The molecule has 3 aromatic carbocycles. The Hall–Kier alpha value is -2.30. The van der Waals surface area contributed by atoms with Gasteiger partial charge in [0.05, 0.1) is 20.4 Å². The van der Waals surface area contributed by atoms with Crippen molar-refractivity contribution in [2.45, 2.75) is 13.5 Å². The number of amides is 3. The SMILES string of the molecule is Cc1cccc(NC(=O)COc2c(Br)cc(/C=C3\SC(=O)N(Cc4c(Cl)cccc4Cl)C3=O)cc2Br)c1. The van der Waals surface area contributed by atoms with Gasteiger partial charge in [-0.15, -0.1) is 0 Å². The topological polar surface area (TPSA) is 75.7 Å². The predicted molar refractivity (Wildman–Crippen MR) is 155 cm³/mol. The van der Waals surface area contributed by atoms with Gasteiger partial charge < -0.3 is 10.1 Å². The molecule has 0 saturated carbocycles. The summed E-state index contributed by atoms with van der Waals surface area (Å²) in [6.45, 7) is 1.72. The summed E-state index contributed by atoms with van der Waals surface area (Å²) in [6.07, 6.45) is 1.61. The maximum Gasteiger partial charge on any atom is 0.293 e. The van der Waals surface area contributed by atoms with Gasteiger partial charge in [-0.1, -0.05) is 41.4 Å². The van der Waals surface area contributed by atoms with Crippen LogP contribution < -0.4 is 10.1 Å². The van der Waals surface area contributed by atoms with Crippen LogP contribution in [0.2, 0.25) is 10.0 Å². The van der Waals surface area contributed by atoms with E-state index in [1.165, 1.54) is 0 Å². The van der Waals surface area contributed by atoms with Gasteiger partial charge in [-0.3, -0.25) is 19.3 Å². The summed E-state index contributed by atoms with van der Waals surface area (Å²) in [5, 5.41) is 3.14. The highest BCUT2D eigenvalue weighted by molar-refractivity contribution is 9.11. The zero-order valence-electron chi connectivity index (χ0n) is 19.2. The van der Waals surface area contributed by atoms with Crippen LogP contribution >= 0.6 is 66.8 Å². The molecule has 3 aromatic rings. The fourth-order valence-corrected chi connectivity index (χ4v) is 6.29. The van der Waals surface area contributed by atoms with Gasteiger partial charge in [0.15, 0.2) is 6.61 Å². The Kier molecular flexibility index (Phi) is 9.03. The fraction of sp³-hybridized carbons (Fsp3) is 0.115. The normalized spacial score (nSPS) is 14.4. The van der Waals surface area contributed by atoms with Crippen molar-refractivity contribution in [2.24, 2.45) is 0 Å². The van der Waals surface area contributed by atoms with E-state index < -0.39 is 11.1 Å². The Morgan fingerprint density at radius 1 is 1.05 bits per heavy atom. The van der Waals surface area contributed by atoms with Crippen molar-refractivity contribution in [1.29, 1.82) is 0 Å². The van der Waals surface area contributed by atoms with Gasteiger partial charge in [0.2, 0.25) is 0 Å². The molecule has 0 aliphatic carbocycles. The second-order valence-electron chi connectivity index (χ2n) is 7.99. The number of carbonyl (C=O) groups excluding carboxylic acids is 3. The van der Waals surface area contributed by atoms with E-state index in [4.69, 9.17) is 27.9 Å². The van der Waals surface area contributed by atoms with Crippen molar-refractivity contribution in [3.8, 4) is 5.75 Å². The lowest BCUT2D eigenvalue weighted by atomic mass is 10.2. The third kappa shape index (κ3) is 6.78. The quantitative estimate of drug-likeness (QED) is 0.255. The number of anilines is 1. The van der Waals surface area contributed by atoms with Crippen molar-refractivity contribution >= 4 is 95.6 Å². The standard InChI is InChI=1S/C26H18Br2Cl2N2O4S/c1-14-4-2-5-16(8-14)31-23(33)13-36-24-18(27)9-15(10-19(24)28)11-22-25(34)32(26(35)37-22)12-17-20(29)6-3-7-21(17)30/h2-11H,12-13H2,1H3,(H,31,33)/b22-11-. The number of carbonyl (C=O) groups is 3. The first-order chi connectivity index (χ1) is 17.6. The summed E-state index contributed by atoms with van der Waals surface area (Å²) < 4.78 is 6.85. The fourth-order valence-electron chi connectivity index (χ4n) is 3.49. The second kappa shape index (κ2) is 12.0. The molecule has 0 unspecified atom stereocenters. The second-order valence-corrected chi connectivity index (χ2v) is 11.5. The van der Waals surface area contributed by atoms with E-state index in [2.05, 4.69) is 37.2 Å². The maximum atomic E-state index is 13.0. The number of rotatable bonds is 7. The molecule has 0 bridgehead atoms. The third-order valence-electron chi connectivity index (χ3n) is 5.22. The molecule has 37 heavy (non-hydrogen) atoms. The molecule has 11 heteroatoms. The predicted octanol–water partition coefficient (Wildman–Crippen LogP) is 8.08. The molecule has 1 N–H and O–H groups in total. The van der Waals surface area contributed by atoms with Gasteiger partial charge in [-0.2, -0.15) is 0 Å². The molecule has 0 radical (unpaired) electrons. The zero-order chi connectivity index (χ0) is 26.7. The first kappa shape index (κ1) is 27.7. The first-order valence-corrected chi connectivity index (χ1v) is 13.9. The average Bonchev–Trinajstić information content (AvgIpc) is 3.08. The first-order valence-electron chi connectivity index (χ1n) is 10.8. The smallest absolute Gasteiger partial charge is 0.293 e. The lowest BCUT2D eigenvalue weighted by Crippen LogP contribution is -2.27. The van der Waals surface area contributed by atoms with Crippen molar-refractivity contribution in [3.05, 3.63) is 95.2 Å². The molecule has 3 amide bonds. The van der Waals surface area contributed by atoms with E-state index in [1.54, 1.807) is 42.5 Å². The van der Waals surface area contributed by atoms with Gasteiger partial charge in [-0.25, -0.2) is 0 Å². The summed E-state index contributed by atoms with van der Waals surface area (Å²) >= 11 is 20.2. The Balaban J connectivity index is 1.45. The summed E-state index contributed by atoms with van der Waals surface area (Å²) in [6, 6.07) is 15.9. The molecule has 0 atom stereocenters. The van der Waals surface area contributed by atoms with Crippen LogP contribution in [-0.2, 0) is 16.1 Å². The van der Waals surface area contributed by atoms with Crippen LogP contribution in [0.15, 0.2) is 68.4 Å². The summed E-state index contributed by atoms with van der Waals surface area (Å²) in [4.78, 5) is 39.2. The van der Waals surface area contributed by atoms with E-state index in [1.807, 2.05) is 25.1 Å². The number of hydrogen-bond acceptors (Lipinski definition) is 5. The van der Waals surface area contributed by atoms with E-state index in [-0.39, 0.29) is 24.0 Å². The molecule has 1 heterocycles. The Morgan fingerprint density at radius 3 is 2.35 bits per heavy atom. The van der Waals surface area contributed by atoms with Crippen LogP contribution in [0, 0.1) is 6.92 Å². The number of aryl methyl sites for hydroxylation is 1. The van der Waals surface area contributed by atoms with Crippen LogP contribution in [0.4, 0.5) is 10.5 Å². The van der Waals surface area contributed by atoms with Crippen LogP contribution in [0.3, 0.4) is 0 Å². The van der Waals surface area contributed by atoms with Crippen molar-refractivity contribution < 1.29 is 19.1 Å². The van der Waals surface area contributed by atoms with E-state index in [9.17, 15) is 14.4 Å². The highest BCUT2D eigenvalue weighted by Crippen LogP contribution is 2.39. The van der Waals surface area contributed by atoms with Crippen LogP contribution in [0.25, 0.3) is 6.08 Å². The molecular weight excluding hydrogens is 667 g/mol. The van der Waals surface area contributed by atoms with E-state index in [0.29, 0.717) is 41.6 Å². The Bertz CT molecular complexity index is 1400. The highest BCUT2D eigenvalue weighted by atomic mass is 79.9. The minimum absolute atomic E-state index is 0.0225. The van der Waals surface area contributed by atoms with E-state index >= 15 is 0 Å². The Labute approximate surface area is 244 Å². The molecule has 4 rings (SSSR count). The van der Waals surface area contributed by atoms with Crippen LogP contribution in [-0.4, -0.2) is 28.6 Å². The number of nitrogens with one attached hydrogen (secondary N) is 1. The number of thioether (sulfide) groups is 1. The number of hydrogen-bond donors (Lipinski definition) is 1. The highest BCUT2D eigenvalue weighted by Gasteiger charge is 2.35. The summed E-state index contributed by atoms with van der Waals surface area (Å²) in [7, 11) is 0. The largest absolute Gasteiger partial charge is 0.481 e. The number of imide groups is 1. The summed E-state index contributed by atoms with van der Waals surface area (Å²) in [5.41, 5.74) is 2.88. The van der Waals surface area contributed by atoms with Crippen molar-refractivity contribution in [1.82, 2.24) is 4.90 Å². The average molecular weight is 685 g/mol. The lowest BCUT2D eigenvalue weighted by molar-refractivity contribution is -0.123.